The van der Waals surface area contributed by atoms with Gasteiger partial charge in [-0.2, -0.15) is 0 Å². The van der Waals surface area contributed by atoms with Gasteiger partial charge in [-0.1, -0.05) is 149 Å². The fraction of sp³-hybridized carbons (Fsp3) is 0.375. The second-order valence-corrected chi connectivity index (χ2v) is 17.2. The van der Waals surface area contributed by atoms with Crippen LogP contribution in [0.25, 0.3) is 0 Å². The van der Waals surface area contributed by atoms with E-state index in [-0.39, 0.29) is 12.1 Å². The number of hydrogen-bond acceptors (Lipinski definition) is 2. The summed E-state index contributed by atoms with van der Waals surface area (Å²) in [6.07, 6.45) is 0. The molecule has 2 aliphatic rings. The van der Waals surface area contributed by atoms with E-state index in [1.165, 1.54) is 66.7 Å². The molecule has 5 aromatic rings. The van der Waals surface area contributed by atoms with Gasteiger partial charge in [0.1, 0.15) is 11.5 Å². The van der Waals surface area contributed by atoms with Crippen LogP contribution in [0.3, 0.4) is 0 Å². The normalized spacial score (nSPS) is 14.6. The molecule has 0 unspecified atom stereocenters. The average Bonchev–Trinajstić information content (AvgIpc) is 3.09. The Morgan fingerprint density at radius 1 is 0.510 bits per heavy atom. The third-order valence-electron chi connectivity index (χ3n) is 11.7. The Bertz CT molecular complexity index is 2030. The number of ether oxygens (including phenoxy) is 1. The third-order valence-corrected chi connectivity index (χ3v) is 11.7. The molecule has 262 valence electrons. The smallest absolute Gasteiger partial charge is 0.251 e. The highest BCUT2D eigenvalue weighted by molar-refractivity contribution is 6.97. The van der Waals surface area contributed by atoms with Gasteiger partial charge in [0, 0.05) is 17.2 Å². The van der Waals surface area contributed by atoms with Crippen molar-refractivity contribution in [2.24, 2.45) is 0 Å². The van der Waals surface area contributed by atoms with Gasteiger partial charge in [0.25, 0.3) is 6.71 Å². The lowest BCUT2D eigenvalue weighted by molar-refractivity contribution is 0.487. The lowest BCUT2D eigenvalue weighted by Crippen LogP contribution is -2.57. The van der Waals surface area contributed by atoms with Crippen LogP contribution < -0.4 is 26.0 Å². The standard InChI is InChI=1S/C48H56BNO/c1-28(2)33-17-21-43-39(25-33)48(11,12)40-26-34(29(3)4)18-22-44(40)50(43)36-19-20-42-46(27-36)51-45-16-14-13-15-41(45)49(42)47-37(31(7)8)23-35(30(5)6)24-38(47)32(9)10/h13-32H,1-12H3. The van der Waals surface area contributed by atoms with Crippen LogP contribution in [-0.2, 0) is 5.41 Å². The van der Waals surface area contributed by atoms with Crippen molar-refractivity contribution in [2.45, 2.75) is 118 Å². The van der Waals surface area contributed by atoms with Crippen molar-refractivity contribution in [3.8, 4) is 11.5 Å². The molecule has 0 atom stereocenters. The molecule has 2 heterocycles. The van der Waals surface area contributed by atoms with E-state index in [1.807, 2.05) is 0 Å². The summed E-state index contributed by atoms with van der Waals surface area (Å²) in [7, 11) is 0. The Kier molecular flexibility index (Phi) is 9.02. The predicted octanol–water partition coefficient (Wildman–Crippen LogP) is 12.0. The largest absolute Gasteiger partial charge is 0.458 e. The van der Waals surface area contributed by atoms with Crippen LogP contribution in [0.4, 0.5) is 17.1 Å². The molecular formula is C48H56BNO. The van der Waals surface area contributed by atoms with Crippen molar-refractivity contribution < 1.29 is 4.74 Å². The molecule has 0 N–H and O–H groups in total. The minimum atomic E-state index is -0.144. The summed E-state index contributed by atoms with van der Waals surface area (Å²) in [6.45, 7) is 28.1. The first kappa shape index (κ1) is 35.2. The lowest BCUT2D eigenvalue weighted by atomic mass is 9.34. The van der Waals surface area contributed by atoms with Crippen molar-refractivity contribution in [2.75, 3.05) is 4.90 Å². The molecule has 3 heteroatoms. The summed E-state index contributed by atoms with van der Waals surface area (Å²) in [4.78, 5) is 2.49. The van der Waals surface area contributed by atoms with Gasteiger partial charge in [-0.25, -0.2) is 0 Å². The van der Waals surface area contributed by atoms with E-state index < -0.39 is 0 Å². The molecule has 0 aromatic heterocycles. The molecule has 0 spiro atoms. The van der Waals surface area contributed by atoms with Crippen LogP contribution >= 0.6 is 0 Å². The van der Waals surface area contributed by atoms with Crippen molar-refractivity contribution in [1.29, 1.82) is 0 Å². The van der Waals surface area contributed by atoms with Crippen molar-refractivity contribution in [3.05, 3.63) is 130 Å². The summed E-state index contributed by atoms with van der Waals surface area (Å²) in [5.74, 6) is 4.07. The summed E-state index contributed by atoms with van der Waals surface area (Å²) in [6, 6.07) is 35.0. The lowest BCUT2D eigenvalue weighted by Gasteiger charge is -2.43. The van der Waals surface area contributed by atoms with Crippen LogP contribution in [0.2, 0.25) is 0 Å². The zero-order valence-corrected chi connectivity index (χ0v) is 33.0. The van der Waals surface area contributed by atoms with E-state index in [0.717, 1.165) is 17.2 Å². The highest BCUT2D eigenvalue weighted by Crippen LogP contribution is 2.53. The van der Waals surface area contributed by atoms with Gasteiger partial charge in [-0.3, -0.25) is 0 Å². The minimum absolute atomic E-state index is 0.0806. The molecule has 2 aliphatic heterocycles. The first-order chi connectivity index (χ1) is 24.2. The number of anilines is 3. The molecule has 51 heavy (non-hydrogen) atoms. The molecule has 0 saturated carbocycles. The predicted molar refractivity (Wildman–Crippen MR) is 221 cm³/mol. The molecular weight excluding hydrogens is 617 g/mol. The average molecular weight is 674 g/mol. The minimum Gasteiger partial charge on any atom is -0.458 e. The second kappa shape index (κ2) is 13.1. The SMILES string of the molecule is CC(C)c1cc(C(C)C)c(B2c3ccccc3Oc3cc(N4c5ccc(C(C)C)cc5C(C)(C)c5cc(C(C)C)ccc54)ccc32)c(C(C)C)c1. The Hall–Kier alpha value is -4.24. The maximum absolute atomic E-state index is 6.91. The zero-order valence-electron chi connectivity index (χ0n) is 33.0. The molecule has 0 aliphatic carbocycles. The number of benzene rings is 5. The van der Waals surface area contributed by atoms with Crippen LogP contribution in [0.5, 0.6) is 11.5 Å². The third kappa shape index (κ3) is 5.91. The van der Waals surface area contributed by atoms with Crippen molar-refractivity contribution in [1.82, 2.24) is 0 Å². The molecule has 2 nitrogen and oxygen atoms in total. The fourth-order valence-corrected chi connectivity index (χ4v) is 8.51. The molecule has 0 saturated heterocycles. The first-order valence-corrected chi connectivity index (χ1v) is 19.4. The van der Waals surface area contributed by atoms with Gasteiger partial charge in [-0.15, -0.1) is 0 Å². The maximum Gasteiger partial charge on any atom is 0.251 e. The van der Waals surface area contributed by atoms with Gasteiger partial charge < -0.3 is 9.64 Å². The fourth-order valence-electron chi connectivity index (χ4n) is 8.51. The molecule has 5 aromatic carbocycles. The highest BCUT2D eigenvalue weighted by atomic mass is 16.5. The van der Waals surface area contributed by atoms with E-state index in [0.29, 0.717) is 29.6 Å². The van der Waals surface area contributed by atoms with Crippen molar-refractivity contribution >= 4 is 40.2 Å². The molecule has 0 radical (unpaired) electrons. The number of hydrogen-bond donors (Lipinski definition) is 0. The number of para-hydroxylation sites is 1. The summed E-state index contributed by atoms with van der Waals surface area (Å²) in [5.41, 5.74) is 17.2. The maximum atomic E-state index is 6.91. The van der Waals surface area contributed by atoms with E-state index in [4.69, 9.17) is 4.74 Å². The van der Waals surface area contributed by atoms with E-state index in [9.17, 15) is 0 Å². The Balaban J connectivity index is 1.47. The van der Waals surface area contributed by atoms with E-state index in [1.54, 1.807) is 0 Å². The van der Waals surface area contributed by atoms with Gasteiger partial charge in [0.15, 0.2) is 0 Å². The highest BCUT2D eigenvalue weighted by Gasteiger charge is 2.40. The Morgan fingerprint density at radius 3 is 1.53 bits per heavy atom. The molecule has 7 rings (SSSR count). The summed E-state index contributed by atoms with van der Waals surface area (Å²) in [5, 5.41) is 0. The van der Waals surface area contributed by atoms with Crippen LogP contribution in [0, 0.1) is 0 Å². The van der Waals surface area contributed by atoms with Crippen molar-refractivity contribution in [3.63, 3.8) is 0 Å². The number of nitrogens with zero attached hydrogens (tertiary/aromatic N) is 1. The van der Waals surface area contributed by atoms with Gasteiger partial charge >= 0.3 is 0 Å². The molecule has 0 amide bonds. The number of fused-ring (bicyclic) bond motifs is 4. The monoisotopic (exact) mass is 673 g/mol. The molecule has 0 fully saturated rings. The van der Waals surface area contributed by atoms with E-state index >= 15 is 0 Å². The summed E-state index contributed by atoms with van der Waals surface area (Å²) >= 11 is 0. The van der Waals surface area contributed by atoms with Gasteiger partial charge in [0.05, 0.1) is 11.4 Å². The Morgan fingerprint density at radius 2 is 1.02 bits per heavy atom. The van der Waals surface area contributed by atoms with Crippen LogP contribution in [0.1, 0.15) is 152 Å². The van der Waals surface area contributed by atoms with E-state index in [2.05, 4.69) is 179 Å². The van der Waals surface area contributed by atoms with Crippen LogP contribution in [0.15, 0.2) is 91.0 Å². The topological polar surface area (TPSA) is 12.5 Å². The van der Waals surface area contributed by atoms with Crippen LogP contribution in [-0.4, -0.2) is 6.71 Å². The quantitative estimate of drug-likeness (QED) is 0.156. The first-order valence-electron chi connectivity index (χ1n) is 19.4. The zero-order chi connectivity index (χ0) is 36.5. The van der Waals surface area contributed by atoms with Gasteiger partial charge in [-0.05, 0) is 104 Å². The summed E-state index contributed by atoms with van der Waals surface area (Å²) < 4.78 is 6.91. The van der Waals surface area contributed by atoms with Gasteiger partial charge in [0.2, 0.25) is 0 Å². The Labute approximate surface area is 308 Å². The number of rotatable bonds is 7. The second-order valence-electron chi connectivity index (χ2n) is 17.2. The molecule has 0 bridgehead atoms.